The van der Waals surface area contributed by atoms with Crippen LogP contribution in [0.15, 0.2) is 18.2 Å². The quantitative estimate of drug-likeness (QED) is 0.693. The fourth-order valence-electron chi connectivity index (χ4n) is 2.31. The van der Waals surface area contributed by atoms with Crippen LogP contribution in [-0.2, 0) is 5.88 Å². The van der Waals surface area contributed by atoms with Crippen molar-refractivity contribution < 1.29 is 0 Å². The van der Waals surface area contributed by atoms with Crippen LogP contribution in [0.5, 0.6) is 0 Å². The van der Waals surface area contributed by atoms with Crippen LogP contribution in [0.2, 0.25) is 0 Å². The average molecular weight is 224 g/mol. The van der Waals surface area contributed by atoms with Gasteiger partial charge in [0, 0.05) is 24.7 Å². The summed E-state index contributed by atoms with van der Waals surface area (Å²) in [5.41, 5.74) is 3.95. The molecule has 1 heterocycles. The largest absolute Gasteiger partial charge is 0.371 e. The maximum atomic E-state index is 5.82. The Bertz CT molecular complexity index is 348. The Labute approximate surface area is 97.0 Å². The van der Waals surface area contributed by atoms with Gasteiger partial charge < -0.3 is 4.90 Å². The second-order valence-corrected chi connectivity index (χ2v) is 4.86. The van der Waals surface area contributed by atoms with E-state index in [1.54, 1.807) is 0 Å². The van der Waals surface area contributed by atoms with Gasteiger partial charge in [0.1, 0.15) is 0 Å². The molecule has 1 fully saturated rings. The molecule has 1 saturated heterocycles. The highest BCUT2D eigenvalue weighted by Crippen LogP contribution is 2.27. The minimum Gasteiger partial charge on any atom is -0.371 e. The van der Waals surface area contributed by atoms with E-state index < -0.39 is 0 Å². The molecule has 82 valence electrons. The fraction of sp³-hybridized carbons (Fsp3) is 0.538. The summed E-state index contributed by atoms with van der Waals surface area (Å²) in [6.45, 7) is 6.89. The number of rotatable bonds is 2. The third-order valence-corrected chi connectivity index (χ3v) is 3.49. The van der Waals surface area contributed by atoms with Gasteiger partial charge in [0.2, 0.25) is 0 Å². The number of anilines is 1. The number of nitrogens with zero attached hydrogens (tertiary/aromatic N) is 1. The Morgan fingerprint density at radius 2 is 2.27 bits per heavy atom. The van der Waals surface area contributed by atoms with Crippen molar-refractivity contribution in [2.75, 3.05) is 18.0 Å². The summed E-state index contributed by atoms with van der Waals surface area (Å²) in [4.78, 5) is 2.48. The standard InChI is InChI=1S/C13H18ClN/c1-10-5-6-15(9-10)13-4-3-12(8-14)7-11(13)2/h3-4,7,10H,5-6,8-9H2,1-2H3. The highest BCUT2D eigenvalue weighted by atomic mass is 35.5. The van der Waals surface area contributed by atoms with Crippen molar-refractivity contribution >= 4 is 17.3 Å². The lowest BCUT2D eigenvalue weighted by molar-refractivity contribution is 0.659. The molecule has 1 aliphatic rings. The normalized spacial score (nSPS) is 21.0. The number of aryl methyl sites for hydroxylation is 1. The monoisotopic (exact) mass is 223 g/mol. The van der Waals surface area contributed by atoms with Crippen molar-refractivity contribution in [1.29, 1.82) is 0 Å². The zero-order valence-corrected chi connectivity index (χ0v) is 10.2. The van der Waals surface area contributed by atoms with Crippen LogP contribution in [0.3, 0.4) is 0 Å². The molecule has 2 rings (SSSR count). The molecule has 1 aromatic rings. The van der Waals surface area contributed by atoms with Crippen molar-refractivity contribution in [2.24, 2.45) is 5.92 Å². The van der Waals surface area contributed by atoms with Gasteiger partial charge in [-0.2, -0.15) is 0 Å². The minimum absolute atomic E-state index is 0.609. The number of benzene rings is 1. The smallest absolute Gasteiger partial charge is 0.0474 e. The van der Waals surface area contributed by atoms with Gasteiger partial charge in [-0.25, -0.2) is 0 Å². The van der Waals surface area contributed by atoms with E-state index in [-0.39, 0.29) is 0 Å². The van der Waals surface area contributed by atoms with E-state index in [2.05, 4.69) is 36.9 Å². The zero-order chi connectivity index (χ0) is 10.8. The summed E-state index contributed by atoms with van der Waals surface area (Å²) in [6.07, 6.45) is 1.32. The minimum atomic E-state index is 0.609. The number of halogens is 1. The van der Waals surface area contributed by atoms with Crippen molar-refractivity contribution in [3.05, 3.63) is 29.3 Å². The predicted molar refractivity (Wildman–Crippen MR) is 66.7 cm³/mol. The summed E-state index contributed by atoms with van der Waals surface area (Å²) < 4.78 is 0. The summed E-state index contributed by atoms with van der Waals surface area (Å²) >= 11 is 5.82. The molecule has 15 heavy (non-hydrogen) atoms. The third-order valence-electron chi connectivity index (χ3n) is 3.18. The first-order valence-electron chi connectivity index (χ1n) is 5.61. The summed E-state index contributed by atoms with van der Waals surface area (Å²) in [6, 6.07) is 6.55. The molecule has 2 heteroatoms. The van der Waals surface area contributed by atoms with E-state index in [1.807, 2.05) is 0 Å². The lowest BCUT2D eigenvalue weighted by Gasteiger charge is -2.21. The fourth-order valence-corrected chi connectivity index (χ4v) is 2.48. The van der Waals surface area contributed by atoms with Gasteiger partial charge in [-0.05, 0) is 36.5 Å². The Kier molecular flexibility index (Phi) is 3.20. The molecule has 0 spiro atoms. The molecule has 0 aliphatic carbocycles. The van der Waals surface area contributed by atoms with Gasteiger partial charge in [-0.1, -0.05) is 19.1 Å². The second-order valence-electron chi connectivity index (χ2n) is 4.59. The molecule has 1 nitrogen and oxygen atoms in total. The second kappa shape index (κ2) is 4.44. The molecular weight excluding hydrogens is 206 g/mol. The Morgan fingerprint density at radius 1 is 1.47 bits per heavy atom. The first-order chi connectivity index (χ1) is 7.20. The Balaban J connectivity index is 2.21. The highest BCUT2D eigenvalue weighted by molar-refractivity contribution is 6.17. The average Bonchev–Trinajstić information content (AvgIpc) is 2.64. The summed E-state index contributed by atoms with van der Waals surface area (Å²) in [7, 11) is 0. The van der Waals surface area contributed by atoms with Crippen molar-refractivity contribution in [3.63, 3.8) is 0 Å². The van der Waals surface area contributed by atoms with Gasteiger partial charge in [-0.15, -0.1) is 11.6 Å². The van der Waals surface area contributed by atoms with Crippen LogP contribution in [-0.4, -0.2) is 13.1 Å². The molecular formula is C13H18ClN. The van der Waals surface area contributed by atoms with Crippen LogP contribution in [0.1, 0.15) is 24.5 Å². The lowest BCUT2D eigenvalue weighted by atomic mass is 10.1. The number of hydrogen-bond acceptors (Lipinski definition) is 1. The predicted octanol–water partition coefficient (Wildman–Crippen LogP) is 3.58. The first kappa shape index (κ1) is 10.8. The lowest BCUT2D eigenvalue weighted by Crippen LogP contribution is -2.19. The summed E-state index contributed by atoms with van der Waals surface area (Å²) in [5, 5.41) is 0. The van der Waals surface area contributed by atoms with E-state index >= 15 is 0 Å². The third kappa shape index (κ3) is 2.28. The van der Waals surface area contributed by atoms with Crippen molar-refractivity contribution in [1.82, 2.24) is 0 Å². The molecule has 0 bridgehead atoms. The van der Waals surface area contributed by atoms with Crippen LogP contribution in [0.4, 0.5) is 5.69 Å². The molecule has 0 aromatic heterocycles. The molecule has 1 atom stereocenters. The molecule has 0 saturated carbocycles. The molecule has 1 aliphatic heterocycles. The molecule has 0 radical (unpaired) electrons. The van der Waals surface area contributed by atoms with Crippen LogP contribution in [0.25, 0.3) is 0 Å². The van der Waals surface area contributed by atoms with Gasteiger partial charge in [0.05, 0.1) is 0 Å². The van der Waals surface area contributed by atoms with Gasteiger partial charge in [-0.3, -0.25) is 0 Å². The SMILES string of the molecule is Cc1cc(CCl)ccc1N1CCC(C)C1. The first-order valence-corrected chi connectivity index (χ1v) is 6.14. The van der Waals surface area contributed by atoms with Gasteiger partial charge in [0.25, 0.3) is 0 Å². The van der Waals surface area contributed by atoms with E-state index in [0.29, 0.717) is 5.88 Å². The van der Waals surface area contributed by atoms with Crippen LogP contribution < -0.4 is 4.90 Å². The van der Waals surface area contributed by atoms with Gasteiger partial charge >= 0.3 is 0 Å². The summed E-state index contributed by atoms with van der Waals surface area (Å²) in [5.74, 6) is 1.44. The van der Waals surface area contributed by atoms with E-state index in [4.69, 9.17) is 11.6 Å². The topological polar surface area (TPSA) is 3.24 Å². The zero-order valence-electron chi connectivity index (χ0n) is 9.46. The van der Waals surface area contributed by atoms with Crippen molar-refractivity contribution in [2.45, 2.75) is 26.1 Å². The van der Waals surface area contributed by atoms with Crippen molar-refractivity contribution in [3.8, 4) is 0 Å². The molecule has 0 amide bonds. The highest BCUT2D eigenvalue weighted by Gasteiger charge is 2.19. The maximum absolute atomic E-state index is 5.82. The van der Waals surface area contributed by atoms with E-state index in [9.17, 15) is 0 Å². The van der Waals surface area contributed by atoms with Crippen LogP contribution >= 0.6 is 11.6 Å². The van der Waals surface area contributed by atoms with E-state index in [0.717, 1.165) is 5.92 Å². The molecule has 0 N–H and O–H groups in total. The van der Waals surface area contributed by atoms with Gasteiger partial charge in [0.15, 0.2) is 0 Å². The molecule has 1 unspecified atom stereocenters. The van der Waals surface area contributed by atoms with E-state index in [1.165, 1.54) is 36.3 Å². The molecule has 1 aromatic carbocycles. The number of alkyl halides is 1. The Hall–Kier alpha value is -0.690. The number of hydrogen-bond donors (Lipinski definition) is 0. The maximum Gasteiger partial charge on any atom is 0.0474 e. The Morgan fingerprint density at radius 3 is 2.80 bits per heavy atom. The van der Waals surface area contributed by atoms with Crippen LogP contribution in [0, 0.1) is 12.8 Å².